The monoisotopic (exact) mass is 337 g/mol. The number of halogens is 1. The van der Waals surface area contributed by atoms with Gasteiger partial charge >= 0.3 is 6.09 Å². The van der Waals surface area contributed by atoms with E-state index in [1.807, 2.05) is 25.7 Å². The summed E-state index contributed by atoms with van der Waals surface area (Å²) in [5.74, 6) is 0.594. The van der Waals surface area contributed by atoms with Crippen LogP contribution in [0.2, 0.25) is 0 Å². The fourth-order valence-corrected chi connectivity index (χ4v) is 3.44. The molecule has 1 saturated heterocycles. The van der Waals surface area contributed by atoms with Gasteiger partial charge in [-0.25, -0.2) is 4.79 Å². The Hall–Kier alpha value is -1.03. The van der Waals surface area contributed by atoms with Gasteiger partial charge in [-0.05, 0) is 50.8 Å². The second kappa shape index (κ2) is 4.48. The van der Waals surface area contributed by atoms with E-state index in [9.17, 15) is 4.79 Å². The second-order valence-electron chi connectivity index (χ2n) is 6.92. The van der Waals surface area contributed by atoms with Gasteiger partial charge in [0.15, 0.2) is 0 Å². The minimum Gasteiger partial charge on any atom is -0.444 e. The predicted octanol–water partition coefficient (Wildman–Crippen LogP) is 3.96. The van der Waals surface area contributed by atoms with E-state index in [1.54, 1.807) is 0 Å². The van der Waals surface area contributed by atoms with Crippen LogP contribution in [0, 0.1) is 5.92 Å². The van der Waals surface area contributed by atoms with E-state index >= 15 is 0 Å². The molecular weight excluding hydrogens is 318 g/mol. The van der Waals surface area contributed by atoms with Crippen molar-refractivity contribution in [3.05, 3.63) is 34.3 Å². The van der Waals surface area contributed by atoms with Gasteiger partial charge in [-0.15, -0.1) is 0 Å². The minimum atomic E-state index is -0.422. The molecule has 1 aliphatic carbocycles. The first kappa shape index (κ1) is 13.9. The van der Waals surface area contributed by atoms with Crippen LogP contribution in [0.15, 0.2) is 28.7 Å². The van der Waals surface area contributed by atoms with Crippen molar-refractivity contribution in [2.45, 2.75) is 38.2 Å². The summed E-state index contributed by atoms with van der Waals surface area (Å²) in [6.07, 6.45) is 1.01. The van der Waals surface area contributed by atoms with Gasteiger partial charge in [0.05, 0.1) is 0 Å². The summed E-state index contributed by atoms with van der Waals surface area (Å²) < 4.78 is 6.56. The van der Waals surface area contributed by atoms with Crippen molar-refractivity contribution >= 4 is 22.0 Å². The van der Waals surface area contributed by atoms with Crippen molar-refractivity contribution < 1.29 is 9.53 Å². The largest absolute Gasteiger partial charge is 0.444 e. The lowest BCUT2D eigenvalue weighted by Crippen LogP contribution is -2.37. The van der Waals surface area contributed by atoms with Crippen LogP contribution in [0.5, 0.6) is 0 Å². The van der Waals surface area contributed by atoms with E-state index in [4.69, 9.17) is 4.74 Å². The van der Waals surface area contributed by atoms with Crippen LogP contribution in [-0.4, -0.2) is 29.7 Å². The number of carbonyl (C=O) groups excluding carboxylic acids is 1. The first-order valence-corrected chi connectivity index (χ1v) is 7.83. The lowest BCUT2D eigenvalue weighted by molar-refractivity contribution is 0.0270. The summed E-state index contributed by atoms with van der Waals surface area (Å²) in [6.45, 7) is 7.34. The molecule has 1 aliphatic heterocycles. The fraction of sp³-hybridized carbons (Fsp3) is 0.562. The molecule has 3 nitrogen and oxygen atoms in total. The molecule has 2 aliphatic rings. The van der Waals surface area contributed by atoms with E-state index in [2.05, 4.69) is 40.2 Å². The second-order valence-corrected chi connectivity index (χ2v) is 7.84. The zero-order chi connectivity index (χ0) is 14.5. The van der Waals surface area contributed by atoms with Crippen LogP contribution >= 0.6 is 15.9 Å². The number of rotatable bonds is 1. The summed E-state index contributed by atoms with van der Waals surface area (Å²) in [5, 5.41) is 0. The maximum atomic E-state index is 12.2. The third kappa shape index (κ3) is 2.46. The standard InChI is InChI=1S/C16H20BrNO2/c1-15(2,3)20-14(19)18-9-12-8-16(12,10-18)11-4-6-13(17)7-5-11/h4-7,12H,8-10H2,1-3H3/t12-,16?/m1/s1. The first-order valence-electron chi connectivity index (χ1n) is 7.04. The fourth-order valence-electron chi connectivity index (χ4n) is 3.18. The molecule has 1 heterocycles. The van der Waals surface area contributed by atoms with E-state index < -0.39 is 5.60 Å². The highest BCUT2D eigenvalue weighted by Gasteiger charge is 2.62. The number of piperidine rings is 1. The van der Waals surface area contributed by atoms with Gasteiger partial charge in [0.2, 0.25) is 0 Å². The van der Waals surface area contributed by atoms with Gasteiger partial charge in [-0.2, -0.15) is 0 Å². The number of benzene rings is 1. The van der Waals surface area contributed by atoms with Crippen LogP contribution in [0.4, 0.5) is 4.79 Å². The predicted molar refractivity (Wildman–Crippen MR) is 81.7 cm³/mol. The molecule has 0 aromatic heterocycles. The highest BCUT2D eigenvalue weighted by atomic mass is 79.9. The molecular formula is C16H20BrNO2. The quantitative estimate of drug-likeness (QED) is 0.776. The molecule has 1 aromatic carbocycles. The Labute approximate surface area is 128 Å². The molecule has 108 valence electrons. The average molecular weight is 338 g/mol. The highest BCUT2D eigenvalue weighted by Crippen LogP contribution is 2.59. The Morgan fingerprint density at radius 2 is 2.00 bits per heavy atom. The van der Waals surface area contributed by atoms with Crippen LogP contribution in [0.25, 0.3) is 0 Å². The lowest BCUT2D eigenvalue weighted by atomic mass is 9.95. The van der Waals surface area contributed by atoms with Crippen LogP contribution in [0.3, 0.4) is 0 Å². The Morgan fingerprint density at radius 3 is 2.60 bits per heavy atom. The third-order valence-electron chi connectivity index (χ3n) is 4.22. The van der Waals surface area contributed by atoms with Crippen molar-refractivity contribution in [3.63, 3.8) is 0 Å². The Balaban J connectivity index is 1.71. The molecule has 0 spiro atoms. The molecule has 4 heteroatoms. The zero-order valence-corrected chi connectivity index (χ0v) is 13.7. The van der Waals surface area contributed by atoms with Gasteiger partial charge in [0.25, 0.3) is 0 Å². The zero-order valence-electron chi connectivity index (χ0n) is 12.1. The Kier molecular flexibility index (Phi) is 3.12. The van der Waals surface area contributed by atoms with Crippen molar-refractivity contribution in [1.82, 2.24) is 4.90 Å². The van der Waals surface area contributed by atoms with E-state index in [1.165, 1.54) is 12.0 Å². The molecule has 0 bridgehead atoms. The van der Waals surface area contributed by atoms with E-state index in [0.29, 0.717) is 5.92 Å². The minimum absolute atomic E-state index is 0.178. The maximum Gasteiger partial charge on any atom is 0.410 e. The Bertz CT molecular complexity index is 534. The molecule has 1 unspecified atom stereocenters. The first-order chi connectivity index (χ1) is 9.30. The van der Waals surface area contributed by atoms with Crippen molar-refractivity contribution in [3.8, 4) is 0 Å². The molecule has 20 heavy (non-hydrogen) atoms. The van der Waals surface area contributed by atoms with Gasteiger partial charge < -0.3 is 9.64 Å². The molecule has 2 fully saturated rings. The maximum absolute atomic E-state index is 12.2. The molecule has 3 rings (SSSR count). The number of ether oxygens (including phenoxy) is 1. The van der Waals surface area contributed by atoms with Crippen LogP contribution < -0.4 is 0 Å². The summed E-state index contributed by atoms with van der Waals surface area (Å²) in [6, 6.07) is 8.50. The molecule has 0 N–H and O–H groups in total. The van der Waals surface area contributed by atoms with E-state index in [-0.39, 0.29) is 11.5 Å². The normalized spacial score (nSPS) is 28.2. The van der Waals surface area contributed by atoms with Gasteiger partial charge in [-0.1, -0.05) is 28.1 Å². The molecule has 1 saturated carbocycles. The number of nitrogens with zero attached hydrogens (tertiary/aromatic N) is 1. The molecule has 1 amide bonds. The summed E-state index contributed by atoms with van der Waals surface area (Å²) in [5.41, 5.74) is 1.10. The van der Waals surface area contributed by atoms with Gasteiger partial charge in [0.1, 0.15) is 5.60 Å². The van der Waals surface area contributed by atoms with Crippen molar-refractivity contribution in [2.24, 2.45) is 5.92 Å². The molecule has 1 aromatic rings. The van der Waals surface area contributed by atoms with Crippen molar-refractivity contribution in [2.75, 3.05) is 13.1 Å². The number of hydrogen-bond acceptors (Lipinski definition) is 2. The topological polar surface area (TPSA) is 29.5 Å². The van der Waals surface area contributed by atoms with Gasteiger partial charge in [0, 0.05) is 23.0 Å². The SMILES string of the molecule is CC(C)(C)OC(=O)N1C[C@H]2CC2(c2ccc(Br)cc2)C1. The Morgan fingerprint density at radius 1 is 1.35 bits per heavy atom. The van der Waals surface area contributed by atoms with Crippen LogP contribution in [0.1, 0.15) is 32.8 Å². The summed E-state index contributed by atoms with van der Waals surface area (Å²) in [7, 11) is 0. The number of carbonyl (C=O) groups is 1. The van der Waals surface area contributed by atoms with E-state index in [0.717, 1.165) is 17.6 Å². The summed E-state index contributed by atoms with van der Waals surface area (Å²) >= 11 is 3.47. The third-order valence-corrected chi connectivity index (χ3v) is 4.75. The van der Waals surface area contributed by atoms with Crippen LogP contribution in [-0.2, 0) is 10.2 Å². The van der Waals surface area contributed by atoms with Gasteiger partial charge in [-0.3, -0.25) is 0 Å². The highest BCUT2D eigenvalue weighted by molar-refractivity contribution is 9.10. The molecule has 0 radical (unpaired) electrons. The average Bonchev–Trinajstić information content (AvgIpc) is 2.90. The number of amides is 1. The summed E-state index contributed by atoms with van der Waals surface area (Å²) in [4.78, 5) is 14.0. The lowest BCUT2D eigenvalue weighted by Gasteiger charge is -2.26. The number of fused-ring (bicyclic) bond motifs is 1. The number of likely N-dealkylation sites (tertiary alicyclic amines) is 1. The number of hydrogen-bond donors (Lipinski definition) is 0. The van der Waals surface area contributed by atoms with Crippen molar-refractivity contribution in [1.29, 1.82) is 0 Å². The smallest absolute Gasteiger partial charge is 0.410 e. The molecule has 2 atom stereocenters.